The summed E-state index contributed by atoms with van der Waals surface area (Å²) in [7, 11) is 3.48. The summed E-state index contributed by atoms with van der Waals surface area (Å²) in [6, 6.07) is 4.38. The summed E-state index contributed by atoms with van der Waals surface area (Å²) in [5.41, 5.74) is -0.489. The second-order valence-electron chi connectivity index (χ2n) is 7.81. The van der Waals surface area contributed by atoms with E-state index in [4.69, 9.17) is 4.52 Å². The van der Waals surface area contributed by atoms with E-state index >= 15 is 0 Å². The molecule has 1 aromatic carbocycles. The van der Waals surface area contributed by atoms with E-state index < -0.39 is 17.3 Å². The van der Waals surface area contributed by atoms with Gasteiger partial charge in [0.15, 0.2) is 5.82 Å². The fourth-order valence-corrected chi connectivity index (χ4v) is 2.20. The Morgan fingerprint density at radius 3 is 2.32 bits per heavy atom. The molecule has 0 aliphatic carbocycles. The number of nitrogens with one attached hydrogen (secondary N) is 1. The van der Waals surface area contributed by atoms with Crippen LogP contribution in [0.5, 0.6) is 0 Å². The lowest BCUT2D eigenvalue weighted by Gasteiger charge is -2.23. The van der Waals surface area contributed by atoms with Gasteiger partial charge in [-0.25, -0.2) is 4.39 Å². The molecule has 0 spiro atoms. The van der Waals surface area contributed by atoms with Gasteiger partial charge in [-0.1, -0.05) is 25.9 Å². The monoisotopic (exact) mass is 348 g/mol. The topological polar surface area (TPSA) is 71.3 Å². The molecule has 0 aliphatic heterocycles. The Balaban J connectivity index is 2.21. The highest BCUT2D eigenvalue weighted by Crippen LogP contribution is 2.25. The fourth-order valence-electron chi connectivity index (χ4n) is 2.20. The van der Waals surface area contributed by atoms with Gasteiger partial charge in [0, 0.05) is 25.1 Å². The summed E-state index contributed by atoms with van der Waals surface area (Å²) in [5, 5.41) is 6.80. The lowest BCUT2D eigenvalue weighted by molar-refractivity contribution is 0.0907. The summed E-state index contributed by atoms with van der Waals surface area (Å²) in [6.45, 7) is 9.43. The molecular formula is C18H25FN4O2. The van der Waals surface area contributed by atoms with Gasteiger partial charge in [0.05, 0.1) is 11.2 Å². The minimum Gasteiger partial charge on any atom is -0.375 e. The van der Waals surface area contributed by atoms with Gasteiger partial charge in [-0.2, -0.15) is 4.98 Å². The van der Waals surface area contributed by atoms with Crippen molar-refractivity contribution in [2.75, 3.05) is 19.0 Å². The van der Waals surface area contributed by atoms with Crippen LogP contribution < -0.4 is 10.2 Å². The van der Waals surface area contributed by atoms with Crippen molar-refractivity contribution in [2.45, 2.75) is 45.6 Å². The minimum absolute atomic E-state index is 0.232. The molecule has 1 N–H and O–H groups in total. The van der Waals surface area contributed by atoms with E-state index in [1.165, 1.54) is 6.07 Å². The molecule has 1 aromatic heterocycles. The van der Waals surface area contributed by atoms with Crippen LogP contribution in [0.2, 0.25) is 0 Å². The first kappa shape index (κ1) is 18.9. The van der Waals surface area contributed by atoms with Crippen LogP contribution in [0.3, 0.4) is 0 Å². The number of anilines is 1. The largest absolute Gasteiger partial charge is 0.375 e. The van der Waals surface area contributed by atoms with E-state index in [9.17, 15) is 9.18 Å². The number of halogens is 1. The van der Waals surface area contributed by atoms with Crippen LogP contribution >= 0.6 is 0 Å². The molecular weight excluding hydrogens is 323 g/mol. The van der Waals surface area contributed by atoms with Crippen molar-refractivity contribution in [3.63, 3.8) is 0 Å². The molecule has 0 saturated heterocycles. The highest BCUT2D eigenvalue weighted by atomic mass is 19.1. The van der Waals surface area contributed by atoms with Gasteiger partial charge in [-0.15, -0.1) is 0 Å². The van der Waals surface area contributed by atoms with Crippen molar-refractivity contribution in [3.8, 4) is 0 Å². The second kappa shape index (κ2) is 6.46. The van der Waals surface area contributed by atoms with Crippen LogP contribution in [0.15, 0.2) is 22.7 Å². The summed E-state index contributed by atoms with van der Waals surface area (Å²) < 4.78 is 19.4. The van der Waals surface area contributed by atoms with E-state index in [1.54, 1.807) is 45.0 Å². The number of carbonyl (C=O) groups is 1. The van der Waals surface area contributed by atoms with E-state index in [1.807, 2.05) is 20.8 Å². The molecule has 136 valence electrons. The van der Waals surface area contributed by atoms with E-state index in [-0.39, 0.29) is 11.0 Å². The Morgan fingerprint density at radius 2 is 1.84 bits per heavy atom. The minimum atomic E-state index is -0.860. The quantitative estimate of drug-likeness (QED) is 0.918. The standard InChI is InChI=1S/C18H25FN4O2/c1-17(2,3)16-20-15(22-25-16)18(4,5)21-14(24)11-8-9-13(23(6)7)12(19)10-11/h8-10H,1-7H3,(H,21,24). The normalized spacial score (nSPS) is 12.2. The SMILES string of the molecule is CN(C)c1ccc(C(=O)NC(C)(C)c2noc(C(C)(C)C)n2)cc1F. The molecule has 1 heterocycles. The van der Waals surface area contributed by atoms with Crippen LogP contribution in [0.25, 0.3) is 0 Å². The number of amides is 1. The first-order valence-corrected chi connectivity index (χ1v) is 8.06. The number of aromatic nitrogens is 2. The maximum Gasteiger partial charge on any atom is 0.252 e. The van der Waals surface area contributed by atoms with Gasteiger partial charge < -0.3 is 14.7 Å². The lowest BCUT2D eigenvalue weighted by atomic mass is 9.96. The molecule has 0 fully saturated rings. The summed E-state index contributed by atoms with van der Waals surface area (Å²) in [4.78, 5) is 18.5. The van der Waals surface area contributed by atoms with Gasteiger partial charge >= 0.3 is 0 Å². The zero-order valence-corrected chi connectivity index (χ0v) is 15.8. The van der Waals surface area contributed by atoms with Crippen LogP contribution in [-0.2, 0) is 11.0 Å². The molecule has 0 bridgehead atoms. The number of benzene rings is 1. The molecule has 0 aliphatic rings. The van der Waals surface area contributed by atoms with Gasteiger partial charge in [-0.05, 0) is 32.0 Å². The van der Waals surface area contributed by atoms with Crippen LogP contribution in [0, 0.1) is 5.82 Å². The number of nitrogens with zero attached hydrogens (tertiary/aromatic N) is 3. The Morgan fingerprint density at radius 1 is 1.20 bits per heavy atom. The van der Waals surface area contributed by atoms with E-state index in [0.29, 0.717) is 17.4 Å². The third-order valence-corrected chi connectivity index (χ3v) is 3.74. The zero-order chi connectivity index (χ0) is 19.0. The third kappa shape index (κ3) is 4.15. The average molecular weight is 348 g/mol. The second-order valence-corrected chi connectivity index (χ2v) is 7.81. The van der Waals surface area contributed by atoms with Crippen molar-refractivity contribution < 1.29 is 13.7 Å². The van der Waals surface area contributed by atoms with Gasteiger partial charge in [0.1, 0.15) is 5.82 Å². The molecule has 0 atom stereocenters. The van der Waals surface area contributed by atoms with Crippen LogP contribution in [0.4, 0.5) is 10.1 Å². The van der Waals surface area contributed by atoms with Crippen molar-refractivity contribution in [1.82, 2.24) is 15.5 Å². The van der Waals surface area contributed by atoms with Crippen molar-refractivity contribution >= 4 is 11.6 Å². The van der Waals surface area contributed by atoms with Gasteiger partial charge in [0.2, 0.25) is 5.89 Å². The maximum atomic E-state index is 14.1. The van der Waals surface area contributed by atoms with Crippen LogP contribution in [-0.4, -0.2) is 30.1 Å². The summed E-state index contributed by atoms with van der Waals surface area (Å²) >= 11 is 0. The molecule has 2 rings (SSSR count). The zero-order valence-electron chi connectivity index (χ0n) is 15.8. The van der Waals surface area contributed by atoms with Crippen molar-refractivity contribution in [3.05, 3.63) is 41.3 Å². The first-order valence-electron chi connectivity index (χ1n) is 8.06. The molecule has 25 heavy (non-hydrogen) atoms. The molecule has 6 nitrogen and oxygen atoms in total. The molecule has 0 unspecified atom stereocenters. The smallest absolute Gasteiger partial charge is 0.252 e. The average Bonchev–Trinajstić information content (AvgIpc) is 2.96. The predicted molar refractivity (Wildman–Crippen MR) is 94.2 cm³/mol. The Bertz CT molecular complexity index is 776. The molecule has 7 heteroatoms. The third-order valence-electron chi connectivity index (χ3n) is 3.74. The van der Waals surface area contributed by atoms with Crippen molar-refractivity contribution in [2.24, 2.45) is 0 Å². The van der Waals surface area contributed by atoms with Crippen molar-refractivity contribution in [1.29, 1.82) is 0 Å². The maximum absolute atomic E-state index is 14.1. The Labute approximate surface area is 147 Å². The molecule has 0 radical (unpaired) electrons. The van der Waals surface area contributed by atoms with E-state index in [2.05, 4.69) is 15.5 Å². The molecule has 2 aromatic rings. The Hall–Kier alpha value is -2.44. The number of carbonyl (C=O) groups excluding carboxylic acids is 1. The van der Waals surface area contributed by atoms with E-state index in [0.717, 1.165) is 0 Å². The Kier molecular flexibility index (Phi) is 4.88. The molecule has 1 amide bonds. The number of hydrogen-bond acceptors (Lipinski definition) is 5. The van der Waals surface area contributed by atoms with Gasteiger partial charge in [-0.3, -0.25) is 4.79 Å². The predicted octanol–water partition coefficient (Wildman–Crippen LogP) is 3.24. The highest BCUT2D eigenvalue weighted by molar-refractivity contribution is 5.95. The first-order chi connectivity index (χ1) is 11.4. The highest BCUT2D eigenvalue weighted by Gasteiger charge is 2.31. The number of hydrogen-bond donors (Lipinski definition) is 1. The van der Waals surface area contributed by atoms with Gasteiger partial charge in [0.25, 0.3) is 5.91 Å². The lowest BCUT2D eigenvalue weighted by Crippen LogP contribution is -2.42. The fraction of sp³-hybridized carbons (Fsp3) is 0.500. The van der Waals surface area contributed by atoms with Crippen LogP contribution in [0.1, 0.15) is 56.7 Å². The number of rotatable bonds is 4. The summed E-state index contributed by atoms with van der Waals surface area (Å²) in [5.74, 6) is 0.00344. The molecule has 0 saturated carbocycles. The summed E-state index contributed by atoms with van der Waals surface area (Å²) in [6.07, 6.45) is 0.